The SMILES string of the molecule is N[C@@H](C(=O)O)c1ccn(O)n1. The lowest BCUT2D eigenvalue weighted by atomic mass is 10.2. The summed E-state index contributed by atoms with van der Waals surface area (Å²) in [6.07, 6.45) is 1.21. The van der Waals surface area contributed by atoms with E-state index >= 15 is 0 Å². The first kappa shape index (κ1) is 7.55. The molecule has 0 bridgehead atoms. The molecule has 1 heterocycles. The molecular weight excluding hydrogens is 150 g/mol. The lowest BCUT2D eigenvalue weighted by Crippen LogP contribution is -2.21. The van der Waals surface area contributed by atoms with E-state index in [1.165, 1.54) is 12.3 Å². The fourth-order valence-electron chi connectivity index (χ4n) is 0.620. The monoisotopic (exact) mass is 157 g/mol. The van der Waals surface area contributed by atoms with Crippen molar-refractivity contribution >= 4 is 5.97 Å². The van der Waals surface area contributed by atoms with E-state index in [4.69, 9.17) is 16.0 Å². The van der Waals surface area contributed by atoms with Gasteiger partial charge < -0.3 is 16.0 Å². The van der Waals surface area contributed by atoms with Gasteiger partial charge in [0.1, 0.15) is 6.04 Å². The Kier molecular flexibility index (Phi) is 1.77. The van der Waals surface area contributed by atoms with Crippen molar-refractivity contribution in [1.82, 2.24) is 9.94 Å². The fourth-order valence-corrected chi connectivity index (χ4v) is 0.620. The van der Waals surface area contributed by atoms with Gasteiger partial charge in [0.15, 0.2) is 0 Å². The highest BCUT2D eigenvalue weighted by atomic mass is 16.5. The van der Waals surface area contributed by atoms with E-state index in [2.05, 4.69) is 5.10 Å². The first-order valence-electron chi connectivity index (χ1n) is 2.84. The number of nitrogens with zero attached hydrogens (tertiary/aromatic N) is 2. The first-order valence-corrected chi connectivity index (χ1v) is 2.84. The predicted molar refractivity (Wildman–Crippen MR) is 34.0 cm³/mol. The average molecular weight is 157 g/mol. The van der Waals surface area contributed by atoms with Crippen LogP contribution in [0.25, 0.3) is 0 Å². The molecule has 0 saturated carbocycles. The molecule has 1 atom stereocenters. The summed E-state index contributed by atoms with van der Waals surface area (Å²) in [5.41, 5.74) is 5.29. The van der Waals surface area contributed by atoms with Crippen LogP contribution in [0.15, 0.2) is 12.3 Å². The Morgan fingerprint density at radius 3 is 2.82 bits per heavy atom. The van der Waals surface area contributed by atoms with E-state index in [-0.39, 0.29) is 5.69 Å². The van der Waals surface area contributed by atoms with E-state index in [0.29, 0.717) is 4.85 Å². The molecule has 1 rings (SSSR count). The second-order valence-electron chi connectivity index (χ2n) is 1.98. The topological polar surface area (TPSA) is 101 Å². The molecule has 0 aliphatic carbocycles. The van der Waals surface area contributed by atoms with Gasteiger partial charge in [0.2, 0.25) is 0 Å². The molecule has 0 unspecified atom stereocenters. The van der Waals surface area contributed by atoms with Gasteiger partial charge >= 0.3 is 5.97 Å². The Morgan fingerprint density at radius 1 is 1.82 bits per heavy atom. The highest BCUT2D eigenvalue weighted by Gasteiger charge is 2.16. The number of hydrogen-bond acceptors (Lipinski definition) is 4. The highest BCUT2D eigenvalue weighted by molar-refractivity contribution is 5.74. The molecule has 0 saturated heterocycles. The van der Waals surface area contributed by atoms with Crippen LogP contribution >= 0.6 is 0 Å². The number of rotatable bonds is 2. The molecule has 0 fully saturated rings. The molecule has 11 heavy (non-hydrogen) atoms. The van der Waals surface area contributed by atoms with Crippen LogP contribution < -0.4 is 5.73 Å². The zero-order chi connectivity index (χ0) is 8.43. The van der Waals surface area contributed by atoms with Crippen molar-refractivity contribution < 1.29 is 15.1 Å². The number of hydrogen-bond donors (Lipinski definition) is 3. The van der Waals surface area contributed by atoms with Gasteiger partial charge in [0, 0.05) is 0 Å². The lowest BCUT2D eigenvalue weighted by molar-refractivity contribution is -0.138. The molecule has 6 heteroatoms. The fraction of sp³-hybridized carbons (Fsp3) is 0.200. The Hall–Kier alpha value is -1.56. The summed E-state index contributed by atoms with van der Waals surface area (Å²) in [5, 5.41) is 20.4. The largest absolute Gasteiger partial charge is 0.480 e. The molecule has 6 nitrogen and oxygen atoms in total. The maximum absolute atomic E-state index is 10.3. The molecule has 1 aromatic heterocycles. The van der Waals surface area contributed by atoms with Crippen LogP contribution in [-0.2, 0) is 4.79 Å². The number of aliphatic carboxylic acids is 1. The molecular formula is C5H7N3O3. The minimum absolute atomic E-state index is 0.125. The third-order valence-electron chi connectivity index (χ3n) is 1.18. The summed E-state index contributed by atoms with van der Waals surface area (Å²) in [4.78, 5) is 10.8. The van der Waals surface area contributed by atoms with Crippen LogP contribution in [0.5, 0.6) is 0 Å². The van der Waals surface area contributed by atoms with Crippen LogP contribution in [0.4, 0.5) is 0 Å². The van der Waals surface area contributed by atoms with Crippen LogP contribution in [0.1, 0.15) is 11.7 Å². The van der Waals surface area contributed by atoms with Gasteiger partial charge in [0.25, 0.3) is 0 Å². The van der Waals surface area contributed by atoms with Crippen molar-refractivity contribution in [3.05, 3.63) is 18.0 Å². The van der Waals surface area contributed by atoms with Crippen LogP contribution in [0.2, 0.25) is 0 Å². The summed E-state index contributed by atoms with van der Waals surface area (Å²) in [6.45, 7) is 0. The van der Waals surface area contributed by atoms with Gasteiger partial charge in [-0.25, -0.2) is 0 Å². The number of carbonyl (C=O) groups is 1. The van der Waals surface area contributed by atoms with Crippen molar-refractivity contribution in [1.29, 1.82) is 0 Å². The van der Waals surface area contributed by atoms with Crippen molar-refractivity contribution in [2.75, 3.05) is 0 Å². The number of nitrogens with two attached hydrogens (primary N) is 1. The maximum Gasteiger partial charge on any atom is 0.326 e. The summed E-state index contributed by atoms with van der Waals surface area (Å²) in [5.74, 6) is -1.18. The summed E-state index contributed by atoms with van der Waals surface area (Å²) >= 11 is 0. The predicted octanol–water partition coefficient (Wildman–Crippen LogP) is -0.795. The van der Waals surface area contributed by atoms with Gasteiger partial charge in [-0.15, -0.1) is 9.94 Å². The number of aromatic nitrogens is 2. The minimum atomic E-state index is -1.18. The summed E-state index contributed by atoms with van der Waals surface area (Å²) in [7, 11) is 0. The van der Waals surface area contributed by atoms with Crippen LogP contribution in [-0.4, -0.2) is 26.2 Å². The molecule has 0 radical (unpaired) electrons. The minimum Gasteiger partial charge on any atom is -0.480 e. The quantitative estimate of drug-likeness (QED) is 0.488. The van der Waals surface area contributed by atoms with E-state index in [0.717, 1.165) is 0 Å². The Morgan fingerprint density at radius 2 is 2.45 bits per heavy atom. The van der Waals surface area contributed by atoms with Gasteiger partial charge in [-0.2, -0.15) is 0 Å². The Balaban J connectivity index is 2.84. The third kappa shape index (κ3) is 1.47. The normalized spacial score (nSPS) is 12.8. The van der Waals surface area contributed by atoms with E-state index in [9.17, 15) is 4.79 Å². The number of carboxylic acids is 1. The number of carboxylic acid groups (broad SMARTS) is 1. The smallest absolute Gasteiger partial charge is 0.326 e. The molecule has 1 aromatic rings. The molecule has 0 amide bonds. The zero-order valence-electron chi connectivity index (χ0n) is 5.51. The third-order valence-corrected chi connectivity index (χ3v) is 1.18. The first-order chi connectivity index (χ1) is 5.11. The second-order valence-corrected chi connectivity index (χ2v) is 1.98. The highest BCUT2D eigenvalue weighted by Crippen LogP contribution is 2.05. The zero-order valence-corrected chi connectivity index (χ0v) is 5.51. The Bertz CT molecular complexity index is 270. The van der Waals surface area contributed by atoms with E-state index < -0.39 is 12.0 Å². The van der Waals surface area contributed by atoms with Crippen molar-refractivity contribution in [2.45, 2.75) is 6.04 Å². The second kappa shape index (κ2) is 2.59. The average Bonchev–Trinajstić information content (AvgIpc) is 2.34. The van der Waals surface area contributed by atoms with Gasteiger partial charge in [-0.05, 0) is 6.07 Å². The van der Waals surface area contributed by atoms with Gasteiger partial charge in [-0.1, -0.05) is 0 Å². The van der Waals surface area contributed by atoms with Gasteiger partial charge in [0.05, 0.1) is 11.9 Å². The van der Waals surface area contributed by atoms with Gasteiger partial charge in [-0.3, -0.25) is 4.79 Å². The molecule has 0 aliphatic rings. The van der Waals surface area contributed by atoms with Crippen molar-refractivity contribution in [3.8, 4) is 0 Å². The summed E-state index contributed by atoms with van der Waals surface area (Å²) < 4.78 is 0. The van der Waals surface area contributed by atoms with E-state index in [1.807, 2.05) is 0 Å². The molecule has 60 valence electrons. The molecule has 0 aliphatic heterocycles. The van der Waals surface area contributed by atoms with Crippen molar-refractivity contribution in [2.24, 2.45) is 5.73 Å². The summed E-state index contributed by atoms with van der Waals surface area (Å²) in [6, 6.07) is 0.155. The maximum atomic E-state index is 10.3. The van der Waals surface area contributed by atoms with E-state index in [1.54, 1.807) is 0 Å². The lowest BCUT2D eigenvalue weighted by Gasteiger charge is -1.99. The van der Waals surface area contributed by atoms with Crippen LogP contribution in [0.3, 0.4) is 0 Å². The standard InChI is InChI=1S/C5H7N3O3/c6-4(5(9)10)3-1-2-8(11)7-3/h1-2,4,11H,6H2,(H,9,10)/t4-/m1/s1. The molecule has 0 aromatic carbocycles. The van der Waals surface area contributed by atoms with Crippen molar-refractivity contribution in [3.63, 3.8) is 0 Å². The Labute approximate surface area is 61.8 Å². The molecule has 0 spiro atoms. The molecule has 4 N–H and O–H groups in total. The van der Waals surface area contributed by atoms with Crippen LogP contribution in [0, 0.1) is 0 Å².